The van der Waals surface area contributed by atoms with Crippen LogP contribution in [0.25, 0.3) is 22.2 Å². The number of aromatic amines is 1. The molecule has 10 heteroatoms. The van der Waals surface area contributed by atoms with E-state index in [1.807, 2.05) is 75.5 Å². The Bertz CT molecular complexity index is 1710. The van der Waals surface area contributed by atoms with Gasteiger partial charge in [0.1, 0.15) is 11.4 Å². The lowest BCUT2D eigenvalue weighted by molar-refractivity contribution is -0.124. The van der Waals surface area contributed by atoms with E-state index in [1.54, 1.807) is 11.1 Å². The van der Waals surface area contributed by atoms with Crippen LogP contribution in [0.4, 0.5) is 10.7 Å². The van der Waals surface area contributed by atoms with Crippen molar-refractivity contribution in [1.82, 2.24) is 19.9 Å². The zero-order chi connectivity index (χ0) is 32.1. The molecular weight excluding hydrogens is 590 g/mol. The van der Waals surface area contributed by atoms with Gasteiger partial charge in [0.25, 0.3) is 0 Å². The topological polar surface area (TPSA) is 117 Å². The lowest BCUT2D eigenvalue weighted by Crippen LogP contribution is -2.52. The average molecular weight is 628 g/mol. The summed E-state index contributed by atoms with van der Waals surface area (Å²) >= 11 is 6.54. The zero-order valence-corrected chi connectivity index (χ0v) is 26.6. The van der Waals surface area contributed by atoms with E-state index >= 15 is 0 Å². The Morgan fingerprint density at radius 1 is 1.11 bits per heavy atom. The van der Waals surface area contributed by atoms with E-state index in [9.17, 15) is 14.4 Å². The number of carbonyl (C=O) groups excluding carboxylic acids is 3. The van der Waals surface area contributed by atoms with Crippen LogP contribution < -0.4 is 5.32 Å². The fourth-order valence-electron chi connectivity index (χ4n) is 5.56. The first kappa shape index (κ1) is 31.9. The number of rotatable bonds is 10. The number of hydrogen-bond acceptors (Lipinski definition) is 7. The monoisotopic (exact) mass is 627 g/mol. The van der Waals surface area contributed by atoms with Crippen molar-refractivity contribution in [3.05, 3.63) is 89.7 Å². The molecule has 1 fully saturated rings. The van der Waals surface area contributed by atoms with E-state index in [-0.39, 0.29) is 24.2 Å². The van der Waals surface area contributed by atoms with Gasteiger partial charge >= 0.3 is 6.09 Å². The van der Waals surface area contributed by atoms with Gasteiger partial charge < -0.3 is 19.9 Å². The highest BCUT2D eigenvalue weighted by Crippen LogP contribution is 2.33. The number of nitrogens with zero attached hydrogens (tertiary/aromatic N) is 3. The van der Waals surface area contributed by atoms with Crippen molar-refractivity contribution in [2.24, 2.45) is 5.92 Å². The van der Waals surface area contributed by atoms with E-state index in [0.717, 1.165) is 27.6 Å². The summed E-state index contributed by atoms with van der Waals surface area (Å²) in [5.74, 6) is -0.00539. The van der Waals surface area contributed by atoms with Crippen molar-refractivity contribution in [3.8, 4) is 11.3 Å². The predicted octanol–water partition coefficient (Wildman–Crippen LogP) is 6.82. The van der Waals surface area contributed by atoms with Crippen molar-refractivity contribution < 1.29 is 19.1 Å². The second kappa shape index (κ2) is 13.6. The Morgan fingerprint density at radius 2 is 1.84 bits per heavy atom. The normalized spacial score (nSPS) is 16.8. The number of halogens is 1. The zero-order valence-electron chi connectivity index (χ0n) is 25.8. The third-order valence-electron chi connectivity index (χ3n) is 7.77. The molecule has 2 atom stereocenters. The molecule has 2 N–H and O–H groups in total. The molecule has 2 aromatic carbocycles. The summed E-state index contributed by atoms with van der Waals surface area (Å²) < 4.78 is 5.67. The van der Waals surface area contributed by atoms with Crippen molar-refractivity contribution in [2.45, 2.75) is 58.1 Å². The average Bonchev–Trinajstić information content (AvgIpc) is 3.44. The molecule has 4 aromatic rings. The highest BCUT2D eigenvalue weighted by Gasteiger charge is 2.36. The molecule has 9 nitrogen and oxygen atoms in total. The molecule has 1 amide bonds. The SMILES string of the molecule is C=CC(=O)Cc1ccc(CCC(=O)[C@@H]2CC(Nc3ncc(Cl)c(-c4c[nH]c5ccccc45)n3)CN(C(=O)OC(C)(C)C)C2)cc1. The van der Waals surface area contributed by atoms with Crippen LogP contribution in [-0.4, -0.2) is 62.2 Å². The van der Waals surface area contributed by atoms with Gasteiger partial charge in [-0.15, -0.1) is 0 Å². The number of para-hydroxylation sites is 1. The maximum absolute atomic E-state index is 13.5. The smallest absolute Gasteiger partial charge is 0.410 e. The molecule has 1 saturated heterocycles. The van der Waals surface area contributed by atoms with Crippen LogP contribution in [0.15, 0.2) is 73.6 Å². The second-order valence-corrected chi connectivity index (χ2v) is 12.8. The lowest BCUT2D eigenvalue weighted by atomic mass is 9.88. The van der Waals surface area contributed by atoms with Crippen LogP contribution in [0, 0.1) is 5.92 Å². The summed E-state index contributed by atoms with van der Waals surface area (Å²) in [5, 5.41) is 4.77. The number of allylic oxidation sites excluding steroid dienone is 1. The highest BCUT2D eigenvalue weighted by molar-refractivity contribution is 6.33. The van der Waals surface area contributed by atoms with Crippen LogP contribution in [0.2, 0.25) is 5.02 Å². The number of ketones is 2. The number of anilines is 1. The fourth-order valence-corrected chi connectivity index (χ4v) is 5.75. The standard InChI is InChI=1S/C35H38ClN5O4/c1-5-26(42)16-23-12-10-22(11-13-23)14-15-31(43)24-17-25(21-41(20-24)34(44)45-35(2,3)4)39-33-38-19-29(36)32(40-33)28-18-37-30-9-7-6-8-27(28)30/h5-13,18-19,24-25,37H,1,14-17,20-21H2,2-4H3,(H,38,39,40)/t24-,25?/m1/s1. The van der Waals surface area contributed by atoms with Gasteiger partial charge in [-0.25, -0.2) is 14.8 Å². The molecule has 234 valence electrons. The Hall–Kier alpha value is -4.50. The number of aryl methyl sites for hydroxylation is 1. The van der Waals surface area contributed by atoms with Crippen LogP contribution >= 0.6 is 11.6 Å². The molecule has 1 aliphatic rings. The Kier molecular flexibility index (Phi) is 9.68. The quantitative estimate of drug-likeness (QED) is 0.185. The number of piperidine rings is 1. The van der Waals surface area contributed by atoms with Gasteiger partial charge in [0.05, 0.1) is 16.9 Å². The number of aromatic nitrogens is 3. The van der Waals surface area contributed by atoms with Gasteiger partial charge in [-0.3, -0.25) is 9.59 Å². The molecule has 0 aliphatic carbocycles. The number of hydrogen-bond donors (Lipinski definition) is 2. The number of Topliss-reactive ketones (excluding diaryl/α,β-unsaturated/α-hetero) is 1. The first-order valence-corrected chi connectivity index (χ1v) is 15.5. The second-order valence-electron chi connectivity index (χ2n) is 12.4. The summed E-state index contributed by atoms with van der Waals surface area (Å²) in [4.78, 5) is 52.4. The van der Waals surface area contributed by atoms with Gasteiger partial charge in [-0.2, -0.15) is 0 Å². The van der Waals surface area contributed by atoms with Gasteiger partial charge in [-0.05, 0) is 56.9 Å². The van der Waals surface area contributed by atoms with E-state index in [1.165, 1.54) is 6.08 Å². The molecule has 0 saturated carbocycles. The molecule has 5 rings (SSSR count). The largest absolute Gasteiger partial charge is 0.444 e. The summed E-state index contributed by atoms with van der Waals surface area (Å²) in [6, 6.07) is 15.3. The first-order valence-electron chi connectivity index (χ1n) is 15.1. The number of amides is 1. The Labute approximate surface area is 268 Å². The number of H-pyrrole nitrogens is 1. The number of carbonyl (C=O) groups is 3. The summed E-state index contributed by atoms with van der Waals surface area (Å²) in [7, 11) is 0. The number of fused-ring (bicyclic) bond motifs is 1. The minimum absolute atomic E-state index is 0.0360. The molecule has 2 aromatic heterocycles. The Morgan fingerprint density at radius 3 is 2.58 bits per heavy atom. The van der Waals surface area contributed by atoms with Gasteiger partial charge in [-0.1, -0.05) is 60.6 Å². The van der Waals surface area contributed by atoms with E-state index in [2.05, 4.69) is 21.9 Å². The number of benzene rings is 2. The number of nitrogens with one attached hydrogen (secondary N) is 2. The third-order valence-corrected chi connectivity index (χ3v) is 8.04. The van der Waals surface area contributed by atoms with E-state index in [0.29, 0.717) is 48.9 Å². The van der Waals surface area contributed by atoms with Crippen LogP contribution in [0.3, 0.4) is 0 Å². The van der Waals surface area contributed by atoms with Crippen molar-refractivity contribution >= 4 is 46.1 Å². The van der Waals surface area contributed by atoms with Crippen LogP contribution in [0.5, 0.6) is 0 Å². The maximum atomic E-state index is 13.5. The minimum Gasteiger partial charge on any atom is -0.444 e. The van der Waals surface area contributed by atoms with E-state index < -0.39 is 17.6 Å². The van der Waals surface area contributed by atoms with Crippen LogP contribution in [0.1, 0.15) is 44.7 Å². The molecule has 3 heterocycles. The van der Waals surface area contributed by atoms with Crippen molar-refractivity contribution in [3.63, 3.8) is 0 Å². The predicted molar refractivity (Wildman–Crippen MR) is 176 cm³/mol. The number of likely N-dealkylation sites (tertiary alicyclic amines) is 1. The highest BCUT2D eigenvalue weighted by atomic mass is 35.5. The van der Waals surface area contributed by atoms with Crippen molar-refractivity contribution in [1.29, 1.82) is 0 Å². The minimum atomic E-state index is -0.674. The summed E-state index contributed by atoms with van der Waals surface area (Å²) in [6.45, 7) is 9.58. The molecular formula is C35H38ClN5O4. The summed E-state index contributed by atoms with van der Waals surface area (Å²) in [6.07, 6.45) is 5.99. The van der Waals surface area contributed by atoms with Crippen LogP contribution in [-0.2, 0) is 27.2 Å². The van der Waals surface area contributed by atoms with Gasteiger partial charge in [0, 0.05) is 60.6 Å². The first-order chi connectivity index (χ1) is 21.5. The Balaban J connectivity index is 1.31. The molecule has 0 bridgehead atoms. The third kappa shape index (κ3) is 8.16. The lowest BCUT2D eigenvalue weighted by Gasteiger charge is -2.38. The van der Waals surface area contributed by atoms with Gasteiger partial charge in [0.2, 0.25) is 5.95 Å². The molecule has 0 radical (unpaired) electrons. The fraction of sp³-hybridized carbons (Fsp3) is 0.343. The maximum Gasteiger partial charge on any atom is 0.410 e. The van der Waals surface area contributed by atoms with E-state index in [4.69, 9.17) is 21.3 Å². The van der Waals surface area contributed by atoms with Gasteiger partial charge in [0.15, 0.2) is 5.78 Å². The summed E-state index contributed by atoms with van der Waals surface area (Å²) in [5.41, 5.74) is 3.64. The van der Waals surface area contributed by atoms with Crippen molar-refractivity contribution in [2.75, 3.05) is 18.4 Å². The number of ether oxygens (including phenoxy) is 1. The molecule has 1 unspecified atom stereocenters. The molecule has 1 aliphatic heterocycles. The molecule has 45 heavy (non-hydrogen) atoms. The molecule has 0 spiro atoms.